The largest absolute Gasteiger partial charge is 0.337 e. The number of rotatable bonds is 4. The Bertz CT molecular complexity index is 919. The first kappa shape index (κ1) is 17.5. The smallest absolute Gasteiger partial charge is 0.272 e. The molecule has 5 heteroatoms. The number of likely N-dealkylation sites (tertiary alicyclic amines) is 1. The van der Waals surface area contributed by atoms with Gasteiger partial charge in [0, 0.05) is 43.6 Å². The summed E-state index contributed by atoms with van der Waals surface area (Å²) in [4.78, 5) is 23.8. The maximum absolute atomic E-state index is 12.9. The summed E-state index contributed by atoms with van der Waals surface area (Å²) in [6.07, 6.45) is 5.93. The van der Waals surface area contributed by atoms with Gasteiger partial charge < -0.3 is 9.47 Å². The van der Waals surface area contributed by atoms with Crippen LogP contribution in [-0.4, -0.2) is 38.4 Å². The van der Waals surface area contributed by atoms with Gasteiger partial charge in [0.15, 0.2) is 0 Å². The van der Waals surface area contributed by atoms with E-state index in [4.69, 9.17) is 0 Å². The van der Waals surface area contributed by atoms with Crippen molar-refractivity contribution in [1.82, 2.24) is 19.4 Å². The summed E-state index contributed by atoms with van der Waals surface area (Å²) in [5.74, 6) is 1.34. The molecule has 0 radical (unpaired) electrons. The van der Waals surface area contributed by atoms with Crippen molar-refractivity contribution in [2.75, 3.05) is 13.1 Å². The maximum atomic E-state index is 12.9. The summed E-state index contributed by atoms with van der Waals surface area (Å²) >= 11 is 0. The van der Waals surface area contributed by atoms with Gasteiger partial charge in [0.1, 0.15) is 11.5 Å². The average molecular weight is 360 g/mol. The summed E-state index contributed by atoms with van der Waals surface area (Å²) in [6.45, 7) is 4.20. The third-order valence-electron chi connectivity index (χ3n) is 5.12. The van der Waals surface area contributed by atoms with Crippen molar-refractivity contribution in [2.45, 2.75) is 32.2 Å². The van der Waals surface area contributed by atoms with Crippen LogP contribution >= 0.6 is 0 Å². The van der Waals surface area contributed by atoms with Gasteiger partial charge in [-0.1, -0.05) is 36.4 Å². The number of hydrogen-bond donors (Lipinski definition) is 0. The van der Waals surface area contributed by atoms with Crippen molar-refractivity contribution in [1.29, 1.82) is 0 Å². The van der Waals surface area contributed by atoms with E-state index >= 15 is 0 Å². The van der Waals surface area contributed by atoms with E-state index in [2.05, 4.69) is 38.8 Å². The van der Waals surface area contributed by atoms with E-state index in [0.717, 1.165) is 37.4 Å². The van der Waals surface area contributed by atoms with Crippen LogP contribution in [0.25, 0.3) is 0 Å². The first-order chi connectivity index (χ1) is 13.2. The van der Waals surface area contributed by atoms with E-state index in [-0.39, 0.29) is 11.8 Å². The molecule has 2 aromatic heterocycles. The number of imidazole rings is 1. The molecule has 5 nitrogen and oxygen atoms in total. The Morgan fingerprint density at radius 1 is 1.15 bits per heavy atom. The molecule has 138 valence electrons. The van der Waals surface area contributed by atoms with Gasteiger partial charge in [-0.2, -0.15) is 0 Å². The number of nitrogens with zero attached hydrogens (tertiary/aromatic N) is 4. The van der Waals surface area contributed by atoms with Crippen molar-refractivity contribution in [3.63, 3.8) is 0 Å². The number of hydrogen-bond acceptors (Lipinski definition) is 3. The van der Waals surface area contributed by atoms with E-state index in [0.29, 0.717) is 12.2 Å². The second-order valence-corrected chi connectivity index (χ2v) is 7.15. The van der Waals surface area contributed by atoms with Gasteiger partial charge in [0.25, 0.3) is 5.91 Å². The number of piperidine rings is 1. The van der Waals surface area contributed by atoms with Gasteiger partial charge in [-0.15, -0.1) is 0 Å². The Hall–Kier alpha value is -2.95. The predicted octanol–water partition coefficient (Wildman–Crippen LogP) is 3.65. The molecule has 4 rings (SSSR count). The molecular formula is C22H24N4O. The van der Waals surface area contributed by atoms with Gasteiger partial charge in [-0.3, -0.25) is 4.79 Å². The molecule has 0 bridgehead atoms. The van der Waals surface area contributed by atoms with Crippen molar-refractivity contribution in [3.05, 3.63) is 83.7 Å². The minimum atomic E-state index is 0.0181. The van der Waals surface area contributed by atoms with Crippen molar-refractivity contribution in [3.8, 4) is 0 Å². The Balaban J connectivity index is 1.51. The summed E-state index contributed by atoms with van der Waals surface area (Å²) < 4.78 is 2.21. The molecule has 1 aliphatic heterocycles. The van der Waals surface area contributed by atoms with Gasteiger partial charge in [0.2, 0.25) is 0 Å². The van der Waals surface area contributed by atoms with Gasteiger partial charge in [0.05, 0.1) is 0 Å². The molecule has 1 aromatic carbocycles. The zero-order valence-electron chi connectivity index (χ0n) is 15.6. The lowest BCUT2D eigenvalue weighted by molar-refractivity contribution is 0.0697. The molecule has 0 saturated carbocycles. The molecule has 0 aliphatic carbocycles. The molecule has 27 heavy (non-hydrogen) atoms. The molecular weight excluding hydrogens is 336 g/mol. The molecule has 1 fully saturated rings. The number of amides is 1. The van der Waals surface area contributed by atoms with Crippen LogP contribution in [0.3, 0.4) is 0 Å². The molecule has 0 spiro atoms. The van der Waals surface area contributed by atoms with Crippen LogP contribution in [0.5, 0.6) is 0 Å². The Kier molecular flexibility index (Phi) is 5.01. The van der Waals surface area contributed by atoms with Crippen LogP contribution in [0.4, 0.5) is 0 Å². The SMILES string of the molecule is Cc1cccc(C(=O)N2CCC[C@H](c3nccn3Cc3ccccc3)C2)n1. The predicted molar refractivity (Wildman–Crippen MR) is 105 cm³/mol. The lowest BCUT2D eigenvalue weighted by Gasteiger charge is -2.32. The normalized spacial score (nSPS) is 17.1. The first-order valence-corrected chi connectivity index (χ1v) is 9.48. The number of carbonyl (C=O) groups excluding carboxylic acids is 1. The second kappa shape index (κ2) is 7.74. The number of pyridine rings is 1. The van der Waals surface area contributed by atoms with Crippen molar-refractivity contribution in [2.24, 2.45) is 0 Å². The molecule has 1 saturated heterocycles. The molecule has 0 N–H and O–H groups in total. The Morgan fingerprint density at radius 3 is 2.81 bits per heavy atom. The van der Waals surface area contributed by atoms with Crippen LogP contribution in [0.15, 0.2) is 60.9 Å². The number of aryl methyl sites for hydroxylation is 1. The van der Waals surface area contributed by atoms with Crippen LogP contribution < -0.4 is 0 Å². The minimum absolute atomic E-state index is 0.0181. The highest BCUT2D eigenvalue weighted by atomic mass is 16.2. The first-order valence-electron chi connectivity index (χ1n) is 9.48. The zero-order chi connectivity index (χ0) is 18.6. The third kappa shape index (κ3) is 3.92. The number of aromatic nitrogens is 3. The van der Waals surface area contributed by atoms with Crippen LogP contribution in [-0.2, 0) is 6.54 Å². The molecule has 1 aliphatic rings. The Morgan fingerprint density at radius 2 is 2.00 bits per heavy atom. The van der Waals surface area contributed by atoms with Crippen molar-refractivity contribution >= 4 is 5.91 Å². The molecule has 0 unspecified atom stereocenters. The van der Waals surface area contributed by atoms with Crippen LogP contribution in [0.2, 0.25) is 0 Å². The van der Waals surface area contributed by atoms with E-state index < -0.39 is 0 Å². The van der Waals surface area contributed by atoms with E-state index in [9.17, 15) is 4.79 Å². The van der Waals surface area contributed by atoms with Gasteiger partial charge >= 0.3 is 0 Å². The lowest BCUT2D eigenvalue weighted by atomic mass is 9.96. The van der Waals surface area contributed by atoms with E-state index in [1.54, 1.807) is 6.07 Å². The summed E-state index contributed by atoms with van der Waals surface area (Å²) in [6, 6.07) is 16.0. The van der Waals surface area contributed by atoms with Gasteiger partial charge in [-0.05, 0) is 37.5 Å². The molecule has 1 amide bonds. The van der Waals surface area contributed by atoms with Gasteiger partial charge in [-0.25, -0.2) is 9.97 Å². The third-order valence-corrected chi connectivity index (χ3v) is 5.12. The summed E-state index contributed by atoms with van der Waals surface area (Å²) in [5.41, 5.74) is 2.65. The maximum Gasteiger partial charge on any atom is 0.272 e. The highest BCUT2D eigenvalue weighted by molar-refractivity contribution is 5.92. The number of benzene rings is 1. The second-order valence-electron chi connectivity index (χ2n) is 7.15. The fourth-order valence-electron chi connectivity index (χ4n) is 3.79. The quantitative estimate of drug-likeness (QED) is 0.713. The topological polar surface area (TPSA) is 51.0 Å². The standard InChI is InChI=1S/C22H24N4O/c1-17-7-5-11-20(24-17)22(27)26-13-6-10-19(16-26)21-23-12-14-25(21)15-18-8-3-2-4-9-18/h2-5,7-9,11-12,14,19H,6,10,13,15-16H2,1H3/t19-/m0/s1. The lowest BCUT2D eigenvalue weighted by Crippen LogP contribution is -2.40. The van der Waals surface area contributed by atoms with Crippen LogP contribution in [0, 0.1) is 6.92 Å². The Labute approximate surface area is 159 Å². The fourth-order valence-corrected chi connectivity index (χ4v) is 3.79. The average Bonchev–Trinajstić information content (AvgIpc) is 3.16. The van der Waals surface area contributed by atoms with E-state index in [1.165, 1.54) is 5.56 Å². The fraction of sp³-hybridized carbons (Fsp3) is 0.318. The number of carbonyl (C=O) groups is 1. The highest BCUT2D eigenvalue weighted by Gasteiger charge is 2.28. The molecule has 3 heterocycles. The minimum Gasteiger partial charge on any atom is -0.337 e. The summed E-state index contributed by atoms with van der Waals surface area (Å²) in [7, 11) is 0. The molecule has 1 atom stereocenters. The molecule has 3 aromatic rings. The van der Waals surface area contributed by atoms with E-state index in [1.807, 2.05) is 42.4 Å². The van der Waals surface area contributed by atoms with Crippen molar-refractivity contribution < 1.29 is 4.79 Å². The monoisotopic (exact) mass is 360 g/mol. The van der Waals surface area contributed by atoms with Crippen LogP contribution in [0.1, 0.15) is 46.3 Å². The zero-order valence-corrected chi connectivity index (χ0v) is 15.6. The highest BCUT2D eigenvalue weighted by Crippen LogP contribution is 2.27. The summed E-state index contributed by atoms with van der Waals surface area (Å²) in [5, 5.41) is 0.